The standard InChI is InChI=1S/C10H18BrNO2/c1-9(2,11)8(13)12-7-5-6-14-10(7,3)4/h7H,5-6H2,1-4H3,(H,12,13). The molecule has 0 spiro atoms. The molecule has 0 bridgehead atoms. The molecule has 82 valence electrons. The summed E-state index contributed by atoms with van der Waals surface area (Å²) < 4.78 is 5.03. The molecule has 1 N–H and O–H groups in total. The minimum Gasteiger partial charge on any atom is -0.373 e. The second-order valence-electron chi connectivity index (χ2n) is 4.74. The summed E-state index contributed by atoms with van der Waals surface area (Å²) in [4.78, 5) is 11.7. The molecule has 0 radical (unpaired) electrons. The zero-order valence-corrected chi connectivity index (χ0v) is 10.8. The predicted octanol–water partition coefficient (Wildman–Crippen LogP) is 1.84. The van der Waals surface area contributed by atoms with Crippen LogP contribution < -0.4 is 5.32 Å². The van der Waals surface area contributed by atoms with Crippen LogP contribution in [0.3, 0.4) is 0 Å². The highest BCUT2D eigenvalue weighted by molar-refractivity contribution is 9.10. The maximum absolute atomic E-state index is 11.7. The Labute approximate surface area is 93.7 Å². The monoisotopic (exact) mass is 263 g/mol. The summed E-state index contributed by atoms with van der Waals surface area (Å²) in [7, 11) is 0. The molecule has 1 rings (SSSR count). The van der Waals surface area contributed by atoms with Gasteiger partial charge in [-0.05, 0) is 34.1 Å². The molecular formula is C10H18BrNO2. The first-order valence-electron chi connectivity index (χ1n) is 4.87. The van der Waals surface area contributed by atoms with Gasteiger partial charge in [-0.25, -0.2) is 0 Å². The van der Waals surface area contributed by atoms with Crippen LogP contribution in [0.25, 0.3) is 0 Å². The molecule has 0 aromatic rings. The van der Waals surface area contributed by atoms with Crippen LogP contribution in [0.2, 0.25) is 0 Å². The Morgan fingerprint density at radius 3 is 2.50 bits per heavy atom. The van der Waals surface area contributed by atoms with Gasteiger partial charge in [0.05, 0.1) is 16.0 Å². The maximum Gasteiger partial charge on any atom is 0.236 e. The predicted molar refractivity (Wildman–Crippen MR) is 59.6 cm³/mol. The summed E-state index contributed by atoms with van der Waals surface area (Å²) in [6.45, 7) is 8.41. The van der Waals surface area contributed by atoms with E-state index in [-0.39, 0.29) is 17.6 Å². The van der Waals surface area contributed by atoms with Crippen molar-refractivity contribution < 1.29 is 9.53 Å². The van der Waals surface area contributed by atoms with Gasteiger partial charge in [-0.2, -0.15) is 0 Å². The molecule has 1 amide bonds. The normalized spacial score (nSPS) is 26.2. The van der Waals surface area contributed by atoms with E-state index in [0.717, 1.165) is 13.0 Å². The molecule has 1 aliphatic heterocycles. The van der Waals surface area contributed by atoms with Gasteiger partial charge in [0.1, 0.15) is 0 Å². The molecule has 1 atom stereocenters. The molecule has 14 heavy (non-hydrogen) atoms. The van der Waals surface area contributed by atoms with Gasteiger partial charge in [0.15, 0.2) is 0 Å². The number of nitrogens with one attached hydrogen (secondary N) is 1. The average molecular weight is 264 g/mol. The van der Waals surface area contributed by atoms with E-state index in [0.29, 0.717) is 0 Å². The summed E-state index contributed by atoms with van der Waals surface area (Å²) in [6.07, 6.45) is 0.891. The van der Waals surface area contributed by atoms with Gasteiger partial charge in [0.25, 0.3) is 0 Å². The van der Waals surface area contributed by atoms with Crippen LogP contribution in [0.5, 0.6) is 0 Å². The van der Waals surface area contributed by atoms with Crippen molar-refractivity contribution in [2.45, 2.75) is 50.1 Å². The number of carbonyl (C=O) groups excluding carboxylic acids is 1. The fourth-order valence-corrected chi connectivity index (χ4v) is 1.58. The number of halogens is 1. The summed E-state index contributed by atoms with van der Waals surface area (Å²) in [5.74, 6) is 0.0149. The highest BCUT2D eigenvalue weighted by Crippen LogP contribution is 2.26. The quantitative estimate of drug-likeness (QED) is 0.773. The minimum absolute atomic E-state index is 0.0149. The number of hydrogen-bond acceptors (Lipinski definition) is 2. The zero-order chi connectivity index (χ0) is 11.0. The Morgan fingerprint density at radius 2 is 2.14 bits per heavy atom. The maximum atomic E-state index is 11.7. The Kier molecular flexibility index (Phi) is 3.26. The van der Waals surface area contributed by atoms with Crippen molar-refractivity contribution in [1.82, 2.24) is 5.32 Å². The summed E-state index contributed by atoms with van der Waals surface area (Å²) in [5.41, 5.74) is -0.242. The van der Waals surface area contributed by atoms with Gasteiger partial charge >= 0.3 is 0 Å². The SMILES string of the molecule is CC(C)(Br)C(=O)NC1CCOC1(C)C. The van der Waals surface area contributed by atoms with Crippen LogP contribution >= 0.6 is 15.9 Å². The summed E-state index contributed by atoms with van der Waals surface area (Å²) in [5, 5.41) is 3.00. The first-order valence-corrected chi connectivity index (χ1v) is 5.66. The van der Waals surface area contributed by atoms with Crippen molar-refractivity contribution in [2.24, 2.45) is 0 Å². The van der Waals surface area contributed by atoms with Crippen molar-refractivity contribution in [3.8, 4) is 0 Å². The lowest BCUT2D eigenvalue weighted by atomic mass is 9.98. The summed E-state index contributed by atoms with van der Waals surface area (Å²) >= 11 is 3.34. The van der Waals surface area contributed by atoms with Crippen LogP contribution in [0.4, 0.5) is 0 Å². The van der Waals surface area contributed by atoms with E-state index in [9.17, 15) is 4.79 Å². The van der Waals surface area contributed by atoms with Crippen LogP contribution in [0, 0.1) is 0 Å². The van der Waals surface area contributed by atoms with Gasteiger partial charge in [0.2, 0.25) is 5.91 Å². The molecule has 1 aliphatic rings. The van der Waals surface area contributed by atoms with Crippen molar-refractivity contribution in [2.75, 3.05) is 6.61 Å². The highest BCUT2D eigenvalue weighted by atomic mass is 79.9. The zero-order valence-electron chi connectivity index (χ0n) is 9.19. The fourth-order valence-electron chi connectivity index (χ4n) is 1.46. The van der Waals surface area contributed by atoms with Crippen molar-refractivity contribution >= 4 is 21.8 Å². The second-order valence-corrected chi connectivity index (χ2v) is 6.72. The second kappa shape index (κ2) is 3.81. The molecule has 0 aromatic carbocycles. The van der Waals surface area contributed by atoms with Crippen LogP contribution in [-0.2, 0) is 9.53 Å². The molecule has 0 saturated carbocycles. The Bertz CT molecular complexity index is 233. The lowest BCUT2D eigenvalue weighted by Gasteiger charge is -2.28. The van der Waals surface area contributed by atoms with Gasteiger partial charge in [-0.15, -0.1) is 0 Å². The number of rotatable bonds is 2. The topological polar surface area (TPSA) is 38.3 Å². The van der Waals surface area contributed by atoms with E-state index >= 15 is 0 Å². The number of hydrogen-bond donors (Lipinski definition) is 1. The fraction of sp³-hybridized carbons (Fsp3) is 0.900. The average Bonchev–Trinajstić information content (AvgIpc) is 2.29. The highest BCUT2D eigenvalue weighted by Gasteiger charge is 2.38. The lowest BCUT2D eigenvalue weighted by molar-refractivity contribution is -0.124. The third kappa shape index (κ3) is 2.70. The van der Waals surface area contributed by atoms with E-state index in [1.165, 1.54) is 0 Å². The van der Waals surface area contributed by atoms with Gasteiger partial charge in [0, 0.05) is 6.61 Å². The smallest absolute Gasteiger partial charge is 0.236 e. The van der Waals surface area contributed by atoms with Crippen molar-refractivity contribution in [1.29, 1.82) is 0 Å². The van der Waals surface area contributed by atoms with E-state index in [4.69, 9.17) is 4.74 Å². The van der Waals surface area contributed by atoms with Gasteiger partial charge in [-0.3, -0.25) is 4.79 Å². The first kappa shape index (κ1) is 12.0. The minimum atomic E-state index is -0.508. The van der Waals surface area contributed by atoms with E-state index in [2.05, 4.69) is 21.2 Å². The Balaban J connectivity index is 2.57. The van der Waals surface area contributed by atoms with E-state index in [1.807, 2.05) is 27.7 Å². The molecule has 1 heterocycles. The first-order chi connectivity index (χ1) is 6.23. The Morgan fingerprint density at radius 1 is 1.57 bits per heavy atom. The lowest BCUT2D eigenvalue weighted by Crippen LogP contribution is -2.50. The number of amides is 1. The molecule has 4 heteroatoms. The largest absolute Gasteiger partial charge is 0.373 e. The third-order valence-electron chi connectivity index (χ3n) is 2.57. The number of ether oxygens (including phenoxy) is 1. The number of carbonyl (C=O) groups is 1. The van der Waals surface area contributed by atoms with Crippen molar-refractivity contribution in [3.63, 3.8) is 0 Å². The summed E-state index contributed by atoms with van der Waals surface area (Å²) in [6, 6.07) is 0.117. The van der Waals surface area contributed by atoms with Crippen molar-refractivity contribution in [3.05, 3.63) is 0 Å². The number of alkyl halides is 1. The molecule has 1 saturated heterocycles. The van der Waals surface area contributed by atoms with Crippen LogP contribution in [-0.4, -0.2) is 28.5 Å². The molecule has 1 unspecified atom stereocenters. The van der Waals surface area contributed by atoms with E-state index < -0.39 is 4.32 Å². The molecular weight excluding hydrogens is 246 g/mol. The Hall–Kier alpha value is -0.0900. The third-order valence-corrected chi connectivity index (χ3v) is 2.93. The van der Waals surface area contributed by atoms with Gasteiger partial charge < -0.3 is 10.1 Å². The van der Waals surface area contributed by atoms with Crippen LogP contribution in [0.15, 0.2) is 0 Å². The van der Waals surface area contributed by atoms with Crippen LogP contribution in [0.1, 0.15) is 34.1 Å². The molecule has 1 fully saturated rings. The van der Waals surface area contributed by atoms with Gasteiger partial charge in [-0.1, -0.05) is 15.9 Å². The van der Waals surface area contributed by atoms with E-state index in [1.54, 1.807) is 0 Å². The molecule has 3 nitrogen and oxygen atoms in total. The molecule has 0 aromatic heterocycles. The molecule has 0 aliphatic carbocycles.